The number of fused-ring (bicyclic) bond motifs is 1. The maximum atomic E-state index is 14.1. The van der Waals surface area contributed by atoms with E-state index in [2.05, 4.69) is 57.9 Å². The molecule has 36 heavy (non-hydrogen) atoms. The molecule has 0 saturated carbocycles. The number of hydrogen-bond donors (Lipinski definition) is 0. The molecule has 3 aliphatic rings. The molecule has 2 aliphatic heterocycles. The SMILES string of the molecule is CCCCCCN1C(=O)C2=C(c3ccc(Br)cc3)N(CCCCCC)C(=O)C2=C1C1=CC=C(Br)CC1. The van der Waals surface area contributed by atoms with Gasteiger partial charge in [-0.3, -0.25) is 9.59 Å². The number of allylic oxidation sites excluding steroid dienone is 4. The second-order valence-corrected chi connectivity index (χ2v) is 11.7. The summed E-state index contributed by atoms with van der Waals surface area (Å²) in [5.41, 5.74) is 4.85. The lowest BCUT2D eigenvalue weighted by Crippen LogP contribution is -2.32. The van der Waals surface area contributed by atoms with Crippen LogP contribution in [-0.4, -0.2) is 34.7 Å². The molecule has 1 aliphatic carbocycles. The fraction of sp³-hybridized carbons (Fsp3) is 0.467. The number of rotatable bonds is 12. The average Bonchev–Trinajstić information content (AvgIpc) is 3.32. The van der Waals surface area contributed by atoms with Crippen LogP contribution in [0.15, 0.2) is 67.8 Å². The van der Waals surface area contributed by atoms with E-state index >= 15 is 0 Å². The minimum atomic E-state index is -0.0201. The van der Waals surface area contributed by atoms with Crippen LogP contribution in [0.1, 0.15) is 83.6 Å². The normalized spacial score (nSPS) is 17.9. The smallest absolute Gasteiger partial charge is 0.261 e. The molecule has 192 valence electrons. The molecule has 0 saturated heterocycles. The maximum absolute atomic E-state index is 14.1. The highest BCUT2D eigenvalue weighted by molar-refractivity contribution is 9.11. The van der Waals surface area contributed by atoms with Crippen LogP contribution in [0.4, 0.5) is 0 Å². The Hall–Kier alpha value is -1.92. The summed E-state index contributed by atoms with van der Waals surface area (Å²) in [4.78, 5) is 31.9. The molecule has 0 radical (unpaired) electrons. The van der Waals surface area contributed by atoms with Gasteiger partial charge in [-0.2, -0.15) is 0 Å². The molecule has 0 atom stereocenters. The Labute approximate surface area is 232 Å². The summed E-state index contributed by atoms with van der Waals surface area (Å²) in [6, 6.07) is 7.99. The van der Waals surface area contributed by atoms with Crippen molar-refractivity contribution in [2.45, 2.75) is 78.1 Å². The standard InChI is InChI=1S/C30H36Br2N2O2/c1-3-5-7-9-19-33-27(21-11-15-23(31)16-12-21)25-26(29(33)35)28(22-13-17-24(32)18-14-22)34(30(25)36)20-10-8-6-4-2/h11-13,15-17H,3-10,14,18-20H2,1-2H3. The van der Waals surface area contributed by atoms with Crippen molar-refractivity contribution < 1.29 is 9.59 Å². The van der Waals surface area contributed by atoms with Crippen molar-refractivity contribution in [2.75, 3.05) is 13.1 Å². The van der Waals surface area contributed by atoms with Crippen molar-refractivity contribution in [3.05, 3.63) is 73.4 Å². The summed E-state index contributed by atoms with van der Waals surface area (Å²) in [5, 5.41) is 0. The molecular weight excluding hydrogens is 580 g/mol. The molecule has 1 aromatic carbocycles. The molecule has 0 unspecified atom stereocenters. The first-order valence-electron chi connectivity index (χ1n) is 13.4. The van der Waals surface area contributed by atoms with Crippen molar-refractivity contribution in [3.63, 3.8) is 0 Å². The van der Waals surface area contributed by atoms with Gasteiger partial charge in [-0.25, -0.2) is 0 Å². The predicted molar refractivity (Wildman–Crippen MR) is 154 cm³/mol. The highest BCUT2D eigenvalue weighted by atomic mass is 79.9. The first kappa shape index (κ1) is 27.1. The Morgan fingerprint density at radius 3 is 1.78 bits per heavy atom. The van der Waals surface area contributed by atoms with Crippen LogP contribution < -0.4 is 0 Å². The first-order valence-corrected chi connectivity index (χ1v) is 15.0. The van der Waals surface area contributed by atoms with E-state index in [4.69, 9.17) is 0 Å². The van der Waals surface area contributed by atoms with Crippen LogP contribution in [0.3, 0.4) is 0 Å². The fourth-order valence-corrected chi connectivity index (χ4v) is 5.86. The van der Waals surface area contributed by atoms with Gasteiger partial charge >= 0.3 is 0 Å². The van der Waals surface area contributed by atoms with Crippen LogP contribution >= 0.6 is 31.9 Å². The number of nitrogens with zero attached hydrogens (tertiary/aromatic N) is 2. The van der Waals surface area contributed by atoms with Gasteiger partial charge in [0, 0.05) is 17.6 Å². The van der Waals surface area contributed by atoms with E-state index < -0.39 is 0 Å². The second-order valence-electron chi connectivity index (χ2n) is 9.79. The van der Waals surface area contributed by atoms with Gasteiger partial charge in [-0.05, 0) is 53.4 Å². The molecule has 0 aromatic heterocycles. The lowest BCUT2D eigenvalue weighted by atomic mass is 9.97. The largest absolute Gasteiger partial charge is 0.307 e. The van der Waals surface area contributed by atoms with Gasteiger partial charge in [0.1, 0.15) is 0 Å². The van der Waals surface area contributed by atoms with Crippen LogP contribution in [0.25, 0.3) is 5.70 Å². The molecular formula is C30H36Br2N2O2. The molecule has 4 nitrogen and oxygen atoms in total. The summed E-state index contributed by atoms with van der Waals surface area (Å²) >= 11 is 7.13. The van der Waals surface area contributed by atoms with E-state index in [9.17, 15) is 9.59 Å². The quantitative estimate of drug-likeness (QED) is 0.222. The van der Waals surface area contributed by atoms with E-state index in [-0.39, 0.29) is 11.8 Å². The number of carbonyl (C=O) groups excluding carboxylic acids is 2. The zero-order valence-corrected chi connectivity index (χ0v) is 24.6. The summed E-state index contributed by atoms with van der Waals surface area (Å²) in [5.74, 6) is -0.0401. The van der Waals surface area contributed by atoms with Crippen molar-refractivity contribution in [1.29, 1.82) is 0 Å². The van der Waals surface area contributed by atoms with E-state index in [1.807, 2.05) is 34.1 Å². The van der Waals surface area contributed by atoms with E-state index in [0.717, 1.165) is 95.7 Å². The van der Waals surface area contributed by atoms with Gasteiger partial charge < -0.3 is 9.80 Å². The Morgan fingerprint density at radius 2 is 1.25 bits per heavy atom. The molecule has 1 aromatic rings. The third-order valence-electron chi connectivity index (χ3n) is 7.17. The Bertz CT molecular complexity index is 1130. The summed E-state index contributed by atoms with van der Waals surface area (Å²) in [6.07, 6.45) is 14.5. The van der Waals surface area contributed by atoms with E-state index in [1.165, 1.54) is 0 Å². The van der Waals surface area contributed by atoms with Crippen molar-refractivity contribution in [1.82, 2.24) is 9.80 Å². The molecule has 2 amide bonds. The van der Waals surface area contributed by atoms with Gasteiger partial charge in [0.25, 0.3) is 11.8 Å². The number of unbranched alkanes of at least 4 members (excludes halogenated alkanes) is 6. The van der Waals surface area contributed by atoms with Crippen LogP contribution in [0.5, 0.6) is 0 Å². The van der Waals surface area contributed by atoms with Gasteiger partial charge in [0.15, 0.2) is 0 Å². The molecule has 2 heterocycles. The van der Waals surface area contributed by atoms with Crippen molar-refractivity contribution in [2.24, 2.45) is 0 Å². The number of hydrogen-bond acceptors (Lipinski definition) is 2. The van der Waals surface area contributed by atoms with Gasteiger partial charge in [0.2, 0.25) is 0 Å². The van der Waals surface area contributed by atoms with Crippen LogP contribution in [0, 0.1) is 0 Å². The molecule has 4 rings (SSSR count). The molecule has 0 fully saturated rings. The minimum Gasteiger partial charge on any atom is -0.307 e. The highest BCUT2D eigenvalue weighted by Gasteiger charge is 2.48. The monoisotopic (exact) mass is 614 g/mol. The molecule has 0 spiro atoms. The zero-order valence-electron chi connectivity index (χ0n) is 21.4. The molecule has 6 heteroatoms. The fourth-order valence-electron chi connectivity index (χ4n) is 5.27. The van der Waals surface area contributed by atoms with E-state index in [1.54, 1.807) is 0 Å². The average molecular weight is 616 g/mol. The number of benzene rings is 1. The molecule has 0 N–H and O–H groups in total. The Kier molecular flexibility index (Phi) is 9.46. The lowest BCUT2D eigenvalue weighted by Gasteiger charge is -2.27. The van der Waals surface area contributed by atoms with Gasteiger partial charge in [-0.1, -0.05) is 109 Å². The zero-order chi connectivity index (χ0) is 25.7. The third kappa shape index (κ3) is 5.65. The van der Waals surface area contributed by atoms with Crippen molar-refractivity contribution in [3.8, 4) is 0 Å². The lowest BCUT2D eigenvalue weighted by molar-refractivity contribution is -0.124. The number of amides is 2. The van der Waals surface area contributed by atoms with E-state index in [0.29, 0.717) is 24.2 Å². The summed E-state index contributed by atoms with van der Waals surface area (Å²) in [7, 11) is 0. The summed E-state index contributed by atoms with van der Waals surface area (Å²) < 4.78 is 2.13. The minimum absolute atomic E-state index is 0.0201. The van der Waals surface area contributed by atoms with Gasteiger partial charge in [0.05, 0.1) is 22.5 Å². The number of halogens is 2. The van der Waals surface area contributed by atoms with Crippen LogP contribution in [0.2, 0.25) is 0 Å². The summed E-state index contributed by atoms with van der Waals surface area (Å²) in [6.45, 7) is 5.68. The Balaban J connectivity index is 1.81. The topological polar surface area (TPSA) is 40.6 Å². The Morgan fingerprint density at radius 1 is 0.694 bits per heavy atom. The number of carbonyl (C=O) groups is 2. The predicted octanol–water partition coefficient (Wildman–Crippen LogP) is 8.26. The molecule has 0 bridgehead atoms. The highest BCUT2D eigenvalue weighted by Crippen LogP contribution is 2.47. The third-order valence-corrected chi connectivity index (χ3v) is 8.36. The maximum Gasteiger partial charge on any atom is 0.261 e. The van der Waals surface area contributed by atoms with Crippen molar-refractivity contribution >= 4 is 49.4 Å². The van der Waals surface area contributed by atoms with Crippen LogP contribution in [-0.2, 0) is 9.59 Å². The second kappa shape index (κ2) is 12.6. The van der Waals surface area contributed by atoms with Gasteiger partial charge in [-0.15, -0.1) is 0 Å². The first-order chi connectivity index (χ1) is 17.5.